The maximum absolute atomic E-state index is 12.1. The summed E-state index contributed by atoms with van der Waals surface area (Å²) in [4.78, 5) is 14.4. The van der Waals surface area contributed by atoms with Crippen molar-refractivity contribution in [1.82, 2.24) is 24.5 Å². The van der Waals surface area contributed by atoms with Gasteiger partial charge < -0.3 is 14.0 Å². The van der Waals surface area contributed by atoms with Crippen LogP contribution in [0, 0.1) is 12.8 Å². The van der Waals surface area contributed by atoms with E-state index in [0.717, 1.165) is 41.4 Å². The Bertz CT molecular complexity index is 1380. The molecule has 0 unspecified atom stereocenters. The number of rotatable bonds is 4. The number of benzene rings is 1. The van der Waals surface area contributed by atoms with Crippen LogP contribution < -0.4 is 10.5 Å². The summed E-state index contributed by atoms with van der Waals surface area (Å²) in [6.45, 7) is 2.07. The fourth-order valence-electron chi connectivity index (χ4n) is 4.87. The van der Waals surface area contributed by atoms with E-state index in [2.05, 4.69) is 45.4 Å². The number of fused-ring (bicyclic) bond motifs is 1. The predicted molar refractivity (Wildman–Crippen MR) is 120 cm³/mol. The smallest absolute Gasteiger partial charge is 0.250 e. The number of hydrogen-bond acceptors (Lipinski definition) is 6. The van der Waals surface area contributed by atoms with Crippen LogP contribution in [0.5, 0.6) is 0 Å². The summed E-state index contributed by atoms with van der Waals surface area (Å²) < 4.78 is 9.25. The Balaban J connectivity index is 1.35. The fourth-order valence-corrected chi connectivity index (χ4v) is 4.87. The van der Waals surface area contributed by atoms with Crippen LogP contribution in [0.4, 0.5) is 5.95 Å². The van der Waals surface area contributed by atoms with Crippen LogP contribution in [0.1, 0.15) is 30.1 Å². The van der Waals surface area contributed by atoms with Crippen LogP contribution in [0.15, 0.2) is 58.0 Å². The van der Waals surface area contributed by atoms with Crippen LogP contribution in [-0.2, 0) is 14.1 Å². The first-order valence-electron chi connectivity index (χ1n) is 10.9. The minimum absolute atomic E-state index is 0.0698. The van der Waals surface area contributed by atoms with E-state index in [1.807, 2.05) is 29.8 Å². The SMILES string of the molecule is Cc1cccc(-c2cc([C@H]3C[C@H]4C[C@H]4N3c3nnc(-c4ccn(C)c(=O)c4)n3C)no2)c1. The summed E-state index contributed by atoms with van der Waals surface area (Å²) in [5, 5.41) is 13.4. The van der Waals surface area contributed by atoms with Crippen molar-refractivity contribution in [3.8, 4) is 22.7 Å². The molecule has 4 aromatic rings. The maximum Gasteiger partial charge on any atom is 0.250 e. The van der Waals surface area contributed by atoms with E-state index in [0.29, 0.717) is 17.8 Å². The largest absolute Gasteiger partial charge is 0.356 e. The topological polar surface area (TPSA) is 82.0 Å². The van der Waals surface area contributed by atoms with Gasteiger partial charge in [-0.2, -0.15) is 0 Å². The Morgan fingerprint density at radius 3 is 2.72 bits per heavy atom. The van der Waals surface area contributed by atoms with Gasteiger partial charge in [0.2, 0.25) is 5.95 Å². The van der Waals surface area contributed by atoms with Crippen LogP contribution >= 0.6 is 0 Å². The molecule has 162 valence electrons. The van der Waals surface area contributed by atoms with Crippen molar-refractivity contribution in [2.75, 3.05) is 4.90 Å². The third-order valence-electron chi connectivity index (χ3n) is 6.72. The van der Waals surface area contributed by atoms with Crippen molar-refractivity contribution in [1.29, 1.82) is 0 Å². The molecular formula is C24H24N6O2. The molecule has 0 N–H and O–H groups in total. The van der Waals surface area contributed by atoms with E-state index in [-0.39, 0.29) is 11.6 Å². The zero-order chi connectivity index (χ0) is 22.0. The molecule has 1 saturated carbocycles. The molecule has 3 aromatic heterocycles. The highest BCUT2D eigenvalue weighted by Gasteiger charge is 2.54. The molecule has 0 radical (unpaired) electrons. The minimum atomic E-state index is -0.0698. The van der Waals surface area contributed by atoms with Gasteiger partial charge in [-0.15, -0.1) is 10.2 Å². The molecule has 3 atom stereocenters. The quantitative estimate of drug-likeness (QED) is 0.495. The summed E-state index contributed by atoms with van der Waals surface area (Å²) in [6, 6.07) is 14.3. The van der Waals surface area contributed by atoms with Gasteiger partial charge in [0.05, 0.1) is 6.04 Å². The number of hydrogen-bond donors (Lipinski definition) is 0. The molecule has 0 amide bonds. The third-order valence-corrected chi connectivity index (χ3v) is 6.72. The van der Waals surface area contributed by atoms with Crippen LogP contribution in [-0.4, -0.2) is 30.5 Å². The molecule has 1 saturated heterocycles. The summed E-state index contributed by atoms with van der Waals surface area (Å²) in [5.74, 6) is 2.91. The second-order valence-electron chi connectivity index (χ2n) is 8.95. The number of aryl methyl sites for hydroxylation is 2. The van der Waals surface area contributed by atoms with Gasteiger partial charge in [0.25, 0.3) is 5.56 Å². The Kier molecular flexibility index (Phi) is 4.11. The van der Waals surface area contributed by atoms with Crippen molar-refractivity contribution in [3.63, 3.8) is 0 Å². The first kappa shape index (κ1) is 19.0. The molecule has 4 heterocycles. The molecule has 1 aromatic carbocycles. The van der Waals surface area contributed by atoms with E-state index in [1.165, 1.54) is 5.56 Å². The lowest BCUT2D eigenvalue weighted by atomic mass is 10.1. The second kappa shape index (κ2) is 6.91. The minimum Gasteiger partial charge on any atom is -0.356 e. The summed E-state index contributed by atoms with van der Waals surface area (Å²) in [7, 11) is 3.69. The number of anilines is 1. The number of piperidine rings is 1. The lowest BCUT2D eigenvalue weighted by Gasteiger charge is -2.26. The van der Waals surface area contributed by atoms with Gasteiger partial charge in [-0.25, -0.2) is 0 Å². The molecule has 0 bridgehead atoms. The van der Waals surface area contributed by atoms with Crippen molar-refractivity contribution in [2.45, 2.75) is 31.8 Å². The number of nitrogens with zero attached hydrogens (tertiary/aromatic N) is 6. The van der Waals surface area contributed by atoms with Gasteiger partial charge in [-0.3, -0.25) is 9.36 Å². The van der Waals surface area contributed by atoms with Crippen LogP contribution in [0.2, 0.25) is 0 Å². The zero-order valence-corrected chi connectivity index (χ0v) is 18.3. The monoisotopic (exact) mass is 428 g/mol. The van der Waals surface area contributed by atoms with E-state index in [9.17, 15) is 4.79 Å². The highest BCUT2D eigenvalue weighted by atomic mass is 16.5. The lowest BCUT2D eigenvalue weighted by Crippen LogP contribution is -2.29. The van der Waals surface area contributed by atoms with E-state index >= 15 is 0 Å². The van der Waals surface area contributed by atoms with Crippen molar-refractivity contribution in [3.05, 3.63) is 70.3 Å². The molecule has 1 aliphatic heterocycles. The zero-order valence-electron chi connectivity index (χ0n) is 18.3. The van der Waals surface area contributed by atoms with Gasteiger partial charge in [0.15, 0.2) is 11.6 Å². The second-order valence-corrected chi connectivity index (χ2v) is 8.95. The first-order valence-corrected chi connectivity index (χ1v) is 10.9. The van der Waals surface area contributed by atoms with Gasteiger partial charge >= 0.3 is 0 Å². The summed E-state index contributed by atoms with van der Waals surface area (Å²) in [5.41, 5.74) is 3.84. The molecule has 2 fully saturated rings. The Labute approximate surface area is 185 Å². The number of pyridine rings is 1. The molecular weight excluding hydrogens is 404 g/mol. The van der Waals surface area contributed by atoms with Crippen LogP contribution in [0.3, 0.4) is 0 Å². The maximum atomic E-state index is 12.1. The van der Waals surface area contributed by atoms with Gasteiger partial charge in [0.1, 0.15) is 5.69 Å². The first-order chi connectivity index (χ1) is 15.5. The van der Waals surface area contributed by atoms with E-state index < -0.39 is 0 Å². The summed E-state index contributed by atoms with van der Waals surface area (Å²) >= 11 is 0. The molecule has 1 aliphatic carbocycles. The normalized spacial score (nSPS) is 21.7. The molecule has 0 spiro atoms. The predicted octanol–water partition coefficient (Wildman–Crippen LogP) is 3.48. The number of aromatic nitrogens is 5. The Hall–Kier alpha value is -3.68. The molecule has 2 aliphatic rings. The molecule has 8 heteroatoms. The van der Waals surface area contributed by atoms with Gasteiger partial charge in [0, 0.05) is 49.6 Å². The molecule has 32 heavy (non-hydrogen) atoms. The standard InChI is InChI=1S/C24H24N6O2/c1-14-5-4-6-15(9-14)21-13-18(27-32-21)20-11-17-10-19(17)30(20)24-26-25-23(29(24)3)16-7-8-28(2)22(31)12-16/h4-9,12-13,17,19-20H,10-11H2,1-3H3/t17-,19-,20-/m1/s1. The average Bonchev–Trinajstić information content (AvgIpc) is 3.11. The van der Waals surface area contributed by atoms with E-state index in [1.54, 1.807) is 23.9 Å². The Morgan fingerprint density at radius 1 is 1.03 bits per heavy atom. The highest BCUT2D eigenvalue weighted by molar-refractivity contribution is 5.60. The van der Waals surface area contributed by atoms with Gasteiger partial charge in [-0.05, 0) is 37.8 Å². The van der Waals surface area contributed by atoms with Gasteiger partial charge in [-0.1, -0.05) is 28.9 Å². The van der Waals surface area contributed by atoms with Crippen molar-refractivity contribution in [2.24, 2.45) is 20.0 Å². The molecule has 8 nitrogen and oxygen atoms in total. The molecule has 6 rings (SSSR count). The van der Waals surface area contributed by atoms with Crippen molar-refractivity contribution < 1.29 is 4.52 Å². The average molecular weight is 428 g/mol. The van der Waals surface area contributed by atoms with Crippen LogP contribution in [0.25, 0.3) is 22.7 Å². The summed E-state index contributed by atoms with van der Waals surface area (Å²) in [6.07, 6.45) is 3.94. The van der Waals surface area contributed by atoms with E-state index in [4.69, 9.17) is 4.52 Å². The Morgan fingerprint density at radius 2 is 1.91 bits per heavy atom. The lowest BCUT2D eigenvalue weighted by molar-refractivity contribution is 0.412. The third kappa shape index (κ3) is 2.97. The fraction of sp³-hybridized carbons (Fsp3) is 0.333. The van der Waals surface area contributed by atoms with Crippen molar-refractivity contribution >= 4 is 5.95 Å². The highest BCUT2D eigenvalue weighted by Crippen LogP contribution is 2.54.